The first-order valence-corrected chi connectivity index (χ1v) is 11.9. The highest BCUT2D eigenvalue weighted by atomic mass is 19.4. The second kappa shape index (κ2) is 8.92. The van der Waals surface area contributed by atoms with Gasteiger partial charge in [0.05, 0.1) is 0 Å². The van der Waals surface area contributed by atoms with Gasteiger partial charge in [0.1, 0.15) is 5.82 Å². The molecule has 5 rings (SSSR count). The van der Waals surface area contributed by atoms with Crippen LogP contribution in [0.2, 0.25) is 0 Å². The Labute approximate surface area is 214 Å². The number of aryl methyl sites for hydroxylation is 1. The summed E-state index contributed by atoms with van der Waals surface area (Å²) in [6.07, 6.45) is -3.82. The van der Waals surface area contributed by atoms with Crippen molar-refractivity contribution >= 4 is 11.9 Å². The Morgan fingerprint density at radius 1 is 1.13 bits per heavy atom. The average molecular weight is 534 g/mol. The Bertz CT molecular complexity index is 1400. The summed E-state index contributed by atoms with van der Waals surface area (Å²) < 4.78 is 73.6. The van der Waals surface area contributed by atoms with Crippen LogP contribution < -0.4 is 0 Å². The van der Waals surface area contributed by atoms with Gasteiger partial charge in [0.25, 0.3) is 5.91 Å². The SMILES string of the molecule is CC(F)(c1ccc2c(c1)CCC1CN(C(=O)c3cc(C(=O)O)no3)CC21Cc1ccc(F)cc1)C(F)(F)F. The molecule has 0 radical (unpaired) electrons. The van der Waals surface area contributed by atoms with Gasteiger partial charge in [0, 0.05) is 24.6 Å². The van der Waals surface area contributed by atoms with Gasteiger partial charge in [-0.2, -0.15) is 13.2 Å². The maximum atomic E-state index is 14.8. The molecular weight excluding hydrogens is 511 g/mol. The lowest BCUT2D eigenvalue weighted by atomic mass is 9.62. The minimum Gasteiger partial charge on any atom is -0.476 e. The number of benzene rings is 2. The van der Waals surface area contributed by atoms with Gasteiger partial charge in [-0.25, -0.2) is 13.6 Å². The number of hydrogen-bond donors (Lipinski definition) is 1. The summed E-state index contributed by atoms with van der Waals surface area (Å²) in [6, 6.07) is 10.8. The number of fused-ring (bicyclic) bond motifs is 3. The van der Waals surface area contributed by atoms with E-state index in [1.54, 1.807) is 12.1 Å². The highest BCUT2D eigenvalue weighted by molar-refractivity contribution is 5.94. The molecule has 1 fully saturated rings. The van der Waals surface area contributed by atoms with Crippen molar-refractivity contribution in [2.45, 2.75) is 43.4 Å². The van der Waals surface area contributed by atoms with Crippen LogP contribution in [0.3, 0.4) is 0 Å². The predicted molar refractivity (Wildman–Crippen MR) is 124 cm³/mol. The van der Waals surface area contributed by atoms with Crippen LogP contribution in [0.15, 0.2) is 53.1 Å². The zero-order chi connectivity index (χ0) is 27.5. The van der Waals surface area contributed by atoms with Crippen LogP contribution in [0.4, 0.5) is 22.0 Å². The molecule has 3 atom stereocenters. The van der Waals surface area contributed by atoms with Crippen molar-refractivity contribution in [1.29, 1.82) is 0 Å². The van der Waals surface area contributed by atoms with Crippen molar-refractivity contribution in [2.75, 3.05) is 13.1 Å². The Balaban J connectivity index is 1.56. The highest BCUT2D eigenvalue weighted by Crippen LogP contribution is 2.51. The molecule has 38 heavy (non-hydrogen) atoms. The molecule has 1 aromatic heterocycles. The molecule has 1 saturated heterocycles. The maximum Gasteiger partial charge on any atom is 0.426 e. The molecule has 6 nitrogen and oxygen atoms in total. The first-order chi connectivity index (χ1) is 17.8. The Hall–Kier alpha value is -3.76. The number of carbonyl (C=O) groups is 2. The van der Waals surface area contributed by atoms with Crippen molar-refractivity contribution < 1.29 is 41.2 Å². The lowest BCUT2D eigenvalue weighted by molar-refractivity contribution is -0.228. The molecule has 1 amide bonds. The lowest BCUT2D eigenvalue weighted by Crippen LogP contribution is -2.42. The number of likely N-dealkylation sites (tertiary alicyclic amines) is 1. The van der Waals surface area contributed by atoms with Crippen LogP contribution in [-0.4, -0.2) is 46.3 Å². The number of alkyl halides is 4. The van der Waals surface area contributed by atoms with Gasteiger partial charge in [-0.15, -0.1) is 0 Å². The fraction of sp³-hybridized carbons (Fsp3) is 0.370. The minimum absolute atomic E-state index is 0.115. The first-order valence-electron chi connectivity index (χ1n) is 11.9. The average Bonchev–Trinajstić information content (AvgIpc) is 3.50. The molecule has 3 unspecified atom stereocenters. The number of aromatic nitrogens is 1. The van der Waals surface area contributed by atoms with E-state index in [-0.39, 0.29) is 24.8 Å². The number of carboxylic acid groups (broad SMARTS) is 1. The fourth-order valence-electron chi connectivity index (χ4n) is 5.77. The number of hydrogen-bond acceptors (Lipinski definition) is 4. The third kappa shape index (κ3) is 4.23. The molecule has 0 spiro atoms. The lowest BCUT2D eigenvalue weighted by Gasteiger charge is -2.41. The summed E-state index contributed by atoms with van der Waals surface area (Å²) in [5.74, 6) is -2.69. The molecule has 2 heterocycles. The van der Waals surface area contributed by atoms with E-state index >= 15 is 0 Å². The highest BCUT2D eigenvalue weighted by Gasteiger charge is 2.55. The number of carbonyl (C=O) groups excluding carboxylic acids is 1. The summed E-state index contributed by atoms with van der Waals surface area (Å²) in [5.41, 5.74) is -3.15. The Kier molecular flexibility index (Phi) is 6.07. The molecule has 1 aliphatic heterocycles. The van der Waals surface area contributed by atoms with Crippen LogP contribution in [0.25, 0.3) is 0 Å². The van der Waals surface area contributed by atoms with Crippen molar-refractivity contribution in [1.82, 2.24) is 10.1 Å². The third-order valence-electron chi connectivity index (χ3n) is 7.83. The van der Waals surface area contributed by atoms with E-state index < -0.39 is 46.2 Å². The second-order valence-electron chi connectivity index (χ2n) is 10.1. The summed E-state index contributed by atoms with van der Waals surface area (Å²) in [4.78, 5) is 25.9. The molecule has 11 heteroatoms. The Morgan fingerprint density at radius 3 is 2.47 bits per heavy atom. The van der Waals surface area contributed by atoms with Gasteiger partial charge in [-0.05, 0) is 66.5 Å². The molecule has 1 N–H and O–H groups in total. The van der Waals surface area contributed by atoms with Crippen molar-refractivity contribution in [3.63, 3.8) is 0 Å². The van der Waals surface area contributed by atoms with Gasteiger partial charge in [-0.1, -0.05) is 35.5 Å². The predicted octanol–water partition coefficient (Wildman–Crippen LogP) is 5.46. The summed E-state index contributed by atoms with van der Waals surface area (Å²) in [7, 11) is 0. The number of carboxylic acids is 1. The Morgan fingerprint density at radius 2 is 1.84 bits per heavy atom. The largest absolute Gasteiger partial charge is 0.476 e. The van der Waals surface area contributed by atoms with E-state index in [0.29, 0.717) is 37.3 Å². The molecule has 2 aliphatic rings. The van der Waals surface area contributed by atoms with E-state index in [2.05, 4.69) is 5.16 Å². The van der Waals surface area contributed by atoms with Gasteiger partial charge in [0.15, 0.2) is 5.69 Å². The summed E-state index contributed by atoms with van der Waals surface area (Å²) >= 11 is 0. The topological polar surface area (TPSA) is 83.6 Å². The summed E-state index contributed by atoms with van der Waals surface area (Å²) in [6.45, 7) is 0.927. The summed E-state index contributed by atoms with van der Waals surface area (Å²) in [5, 5.41) is 12.5. The van der Waals surface area contributed by atoms with Crippen LogP contribution in [-0.2, 0) is 23.9 Å². The number of amides is 1. The third-order valence-corrected chi connectivity index (χ3v) is 7.83. The van der Waals surface area contributed by atoms with Gasteiger partial charge < -0.3 is 14.5 Å². The molecule has 2 aromatic carbocycles. The van der Waals surface area contributed by atoms with Crippen LogP contribution >= 0.6 is 0 Å². The quantitative estimate of drug-likeness (QED) is 0.440. The standard InChI is InChI=1S/C27H23F5N2O4/c1-25(29,27(30,31)32)17-6-9-20-16(10-17)4-5-18-13-34(23(35)22-11-21(24(36)37)33-38-22)14-26(18,20)12-15-2-7-19(28)8-3-15/h2-3,6-11,18H,4-5,12-14H2,1H3,(H,36,37). The molecule has 0 bridgehead atoms. The first kappa shape index (κ1) is 25.9. The monoisotopic (exact) mass is 534 g/mol. The normalized spacial score (nSPS) is 22.5. The molecule has 3 aromatic rings. The van der Waals surface area contributed by atoms with Crippen LogP contribution in [0, 0.1) is 11.7 Å². The van der Waals surface area contributed by atoms with Crippen molar-refractivity contribution in [3.8, 4) is 0 Å². The van der Waals surface area contributed by atoms with E-state index in [9.17, 15) is 31.5 Å². The zero-order valence-corrected chi connectivity index (χ0v) is 20.2. The van der Waals surface area contributed by atoms with Crippen molar-refractivity contribution in [3.05, 3.63) is 88.1 Å². The fourth-order valence-corrected chi connectivity index (χ4v) is 5.77. The molecule has 0 saturated carbocycles. The van der Waals surface area contributed by atoms with Crippen molar-refractivity contribution in [2.24, 2.45) is 5.92 Å². The van der Waals surface area contributed by atoms with Crippen LogP contribution in [0.1, 0.15) is 56.6 Å². The number of nitrogens with zero attached hydrogens (tertiary/aromatic N) is 2. The zero-order valence-electron chi connectivity index (χ0n) is 20.2. The van der Waals surface area contributed by atoms with Gasteiger partial charge >= 0.3 is 12.1 Å². The van der Waals surface area contributed by atoms with E-state index in [0.717, 1.165) is 17.7 Å². The number of aromatic carboxylic acids is 1. The van der Waals surface area contributed by atoms with E-state index in [1.807, 2.05) is 0 Å². The molecule has 1 aliphatic carbocycles. The minimum atomic E-state index is -5.09. The van der Waals surface area contributed by atoms with Gasteiger partial charge in [0.2, 0.25) is 11.4 Å². The number of rotatable bonds is 5. The number of halogens is 5. The molecule has 200 valence electrons. The van der Waals surface area contributed by atoms with E-state index in [1.165, 1.54) is 29.2 Å². The second-order valence-corrected chi connectivity index (χ2v) is 10.1. The maximum absolute atomic E-state index is 14.8. The van der Waals surface area contributed by atoms with Crippen LogP contribution in [0.5, 0.6) is 0 Å². The molecular formula is C27H23F5N2O4. The van der Waals surface area contributed by atoms with Gasteiger partial charge in [-0.3, -0.25) is 4.79 Å². The smallest absolute Gasteiger partial charge is 0.426 e. The van der Waals surface area contributed by atoms with E-state index in [4.69, 9.17) is 9.63 Å².